The summed E-state index contributed by atoms with van der Waals surface area (Å²) in [6.07, 6.45) is 0. The van der Waals surface area contributed by atoms with E-state index in [4.69, 9.17) is 14.2 Å². The van der Waals surface area contributed by atoms with Gasteiger partial charge < -0.3 is 24.8 Å². The van der Waals surface area contributed by atoms with Crippen molar-refractivity contribution in [2.45, 2.75) is 0 Å². The first-order valence-corrected chi connectivity index (χ1v) is 8.40. The quantitative estimate of drug-likeness (QED) is 0.728. The second-order valence-electron chi connectivity index (χ2n) is 5.76. The van der Waals surface area contributed by atoms with Gasteiger partial charge in [-0.25, -0.2) is 4.39 Å². The molecule has 0 bridgehead atoms. The van der Waals surface area contributed by atoms with Gasteiger partial charge in [0.15, 0.2) is 18.1 Å². The van der Waals surface area contributed by atoms with Gasteiger partial charge in [0.05, 0.1) is 0 Å². The Labute approximate surface area is 159 Å². The summed E-state index contributed by atoms with van der Waals surface area (Å²) in [6, 6.07) is 9.93. The summed E-state index contributed by atoms with van der Waals surface area (Å²) in [5.74, 6) is -1.45. The van der Waals surface area contributed by atoms with Crippen molar-refractivity contribution in [1.29, 1.82) is 0 Å². The molecule has 1 heterocycles. The molecule has 0 unspecified atom stereocenters. The van der Waals surface area contributed by atoms with Crippen LogP contribution in [0, 0.1) is 5.82 Å². The number of ether oxygens (including phenoxy) is 3. The van der Waals surface area contributed by atoms with Gasteiger partial charge in [0.1, 0.15) is 25.6 Å². The van der Waals surface area contributed by atoms with Gasteiger partial charge in [-0.3, -0.25) is 14.4 Å². The van der Waals surface area contributed by atoms with Crippen molar-refractivity contribution in [2.24, 2.45) is 0 Å². The molecule has 2 aromatic carbocycles. The van der Waals surface area contributed by atoms with Crippen LogP contribution in [0.4, 0.5) is 10.1 Å². The van der Waals surface area contributed by atoms with E-state index in [1.165, 1.54) is 18.2 Å². The highest BCUT2D eigenvalue weighted by Gasteiger charge is 2.14. The number of rotatable bonds is 6. The largest absolute Gasteiger partial charge is 0.486 e. The number of fused-ring (bicyclic) bond motifs is 1. The molecule has 146 valence electrons. The zero-order chi connectivity index (χ0) is 19.9. The lowest BCUT2D eigenvalue weighted by Crippen LogP contribution is -2.32. The normalized spacial score (nSPS) is 12.0. The average Bonchev–Trinajstić information content (AvgIpc) is 2.70. The summed E-state index contributed by atoms with van der Waals surface area (Å²) in [5, 5.41) is 4.85. The number of nitrogens with one attached hydrogen (secondary N) is 2. The highest BCUT2D eigenvalue weighted by atomic mass is 19.1. The Morgan fingerprint density at radius 1 is 1.04 bits per heavy atom. The second-order valence-corrected chi connectivity index (χ2v) is 5.76. The SMILES string of the molecule is O=C(COC(=O)CNC(=O)c1cccc(F)c1)Nc1ccc2c(c1)OCCO2. The van der Waals surface area contributed by atoms with Crippen molar-refractivity contribution in [3.05, 3.63) is 53.8 Å². The van der Waals surface area contributed by atoms with Crippen LogP contribution in [0.25, 0.3) is 0 Å². The Bertz CT molecular complexity index is 902. The first kappa shape index (κ1) is 19.2. The fourth-order valence-corrected chi connectivity index (χ4v) is 2.40. The van der Waals surface area contributed by atoms with Gasteiger partial charge in [0.2, 0.25) is 0 Å². The molecular formula is C19H17FN2O6. The number of esters is 1. The summed E-state index contributed by atoms with van der Waals surface area (Å²) in [5.41, 5.74) is 0.536. The molecule has 2 amide bonds. The number of halogens is 1. The minimum atomic E-state index is -0.804. The van der Waals surface area contributed by atoms with E-state index < -0.39 is 36.8 Å². The van der Waals surface area contributed by atoms with Crippen LogP contribution < -0.4 is 20.1 Å². The summed E-state index contributed by atoms with van der Waals surface area (Å²) in [7, 11) is 0. The average molecular weight is 388 g/mol. The van der Waals surface area contributed by atoms with Crippen LogP contribution in [0.2, 0.25) is 0 Å². The Morgan fingerprint density at radius 3 is 2.61 bits per heavy atom. The molecule has 0 saturated heterocycles. The third-order valence-electron chi connectivity index (χ3n) is 3.67. The molecule has 28 heavy (non-hydrogen) atoms. The lowest BCUT2D eigenvalue weighted by Gasteiger charge is -2.19. The van der Waals surface area contributed by atoms with E-state index in [0.717, 1.165) is 6.07 Å². The van der Waals surface area contributed by atoms with Gasteiger partial charge in [-0.1, -0.05) is 6.07 Å². The number of hydrogen-bond acceptors (Lipinski definition) is 6. The van der Waals surface area contributed by atoms with Gasteiger partial charge in [-0.2, -0.15) is 0 Å². The standard InChI is InChI=1S/C19H17FN2O6/c20-13-3-1-2-12(8-13)19(25)21-10-18(24)28-11-17(23)22-14-4-5-15-16(9-14)27-7-6-26-15/h1-5,8-9H,6-7,10-11H2,(H,21,25)(H,22,23). The number of carbonyl (C=O) groups excluding carboxylic acids is 3. The molecule has 0 atom stereocenters. The van der Waals surface area contributed by atoms with Crippen LogP contribution in [-0.2, 0) is 14.3 Å². The van der Waals surface area contributed by atoms with Gasteiger partial charge >= 0.3 is 5.97 Å². The Balaban J connectivity index is 1.41. The third-order valence-corrected chi connectivity index (χ3v) is 3.67. The molecule has 0 saturated carbocycles. The maximum absolute atomic E-state index is 13.1. The molecule has 1 aliphatic rings. The molecule has 0 aromatic heterocycles. The van der Waals surface area contributed by atoms with Crippen molar-refractivity contribution in [3.63, 3.8) is 0 Å². The summed E-state index contributed by atoms with van der Waals surface area (Å²) >= 11 is 0. The molecule has 1 aliphatic heterocycles. The van der Waals surface area contributed by atoms with Crippen molar-refractivity contribution >= 4 is 23.5 Å². The van der Waals surface area contributed by atoms with E-state index >= 15 is 0 Å². The molecule has 2 aromatic rings. The second kappa shape index (κ2) is 8.85. The van der Waals surface area contributed by atoms with Crippen LogP contribution >= 0.6 is 0 Å². The van der Waals surface area contributed by atoms with E-state index in [9.17, 15) is 18.8 Å². The molecular weight excluding hydrogens is 371 g/mol. The molecule has 8 nitrogen and oxygen atoms in total. The lowest BCUT2D eigenvalue weighted by molar-refractivity contribution is -0.146. The molecule has 2 N–H and O–H groups in total. The number of anilines is 1. The predicted molar refractivity (Wildman–Crippen MR) is 95.8 cm³/mol. The minimum absolute atomic E-state index is 0.0733. The first-order chi connectivity index (χ1) is 13.5. The molecule has 9 heteroatoms. The smallest absolute Gasteiger partial charge is 0.325 e. The van der Waals surface area contributed by atoms with E-state index in [0.29, 0.717) is 30.4 Å². The summed E-state index contributed by atoms with van der Waals surface area (Å²) in [4.78, 5) is 35.4. The summed E-state index contributed by atoms with van der Waals surface area (Å²) < 4.78 is 28.7. The zero-order valence-electron chi connectivity index (χ0n) is 14.7. The summed E-state index contributed by atoms with van der Waals surface area (Å²) in [6.45, 7) is -0.0937. The topological polar surface area (TPSA) is 103 Å². The maximum Gasteiger partial charge on any atom is 0.325 e. The van der Waals surface area contributed by atoms with Crippen molar-refractivity contribution < 1.29 is 33.0 Å². The van der Waals surface area contributed by atoms with Crippen LogP contribution in [0.15, 0.2) is 42.5 Å². The van der Waals surface area contributed by atoms with Crippen LogP contribution in [0.5, 0.6) is 11.5 Å². The first-order valence-electron chi connectivity index (χ1n) is 8.40. The van der Waals surface area contributed by atoms with Gasteiger partial charge in [0, 0.05) is 17.3 Å². The Kier molecular flexibility index (Phi) is 6.05. The predicted octanol–water partition coefficient (Wildman–Crippen LogP) is 1.51. The van der Waals surface area contributed by atoms with E-state index in [2.05, 4.69) is 10.6 Å². The number of hydrogen-bond donors (Lipinski definition) is 2. The lowest BCUT2D eigenvalue weighted by atomic mass is 10.2. The highest BCUT2D eigenvalue weighted by Crippen LogP contribution is 2.32. The van der Waals surface area contributed by atoms with E-state index in [-0.39, 0.29) is 5.56 Å². The van der Waals surface area contributed by atoms with Gasteiger partial charge in [-0.05, 0) is 30.3 Å². The monoisotopic (exact) mass is 388 g/mol. The highest BCUT2D eigenvalue weighted by molar-refractivity contribution is 5.96. The van der Waals surface area contributed by atoms with E-state index in [1.54, 1.807) is 18.2 Å². The van der Waals surface area contributed by atoms with Crippen LogP contribution in [-0.4, -0.2) is 44.1 Å². The fraction of sp³-hybridized carbons (Fsp3) is 0.211. The minimum Gasteiger partial charge on any atom is -0.486 e. The maximum atomic E-state index is 13.1. The number of carbonyl (C=O) groups is 3. The zero-order valence-corrected chi connectivity index (χ0v) is 14.7. The van der Waals surface area contributed by atoms with Gasteiger partial charge in [-0.15, -0.1) is 0 Å². The number of amides is 2. The van der Waals surface area contributed by atoms with Crippen LogP contribution in [0.1, 0.15) is 10.4 Å². The van der Waals surface area contributed by atoms with E-state index in [1.807, 2.05) is 0 Å². The molecule has 0 radical (unpaired) electrons. The van der Waals surface area contributed by atoms with Gasteiger partial charge in [0.25, 0.3) is 11.8 Å². The molecule has 3 rings (SSSR count). The van der Waals surface area contributed by atoms with Crippen LogP contribution in [0.3, 0.4) is 0 Å². The fourth-order valence-electron chi connectivity index (χ4n) is 2.40. The third kappa shape index (κ3) is 5.19. The van der Waals surface area contributed by atoms with Crippen molar-refractivity contribution in [3.8, 4) is 11.5 Å². The van der Waals surface area contributed by atoms with Crippen molar-refractivity contribution in [1.82, 2.24) is 5.32 Å². The number of benzene rings is 2. The molecule has 0 spiro atoms. The Morgan fingerprint density at radius 2 is 1.82 bits per heavy atom. The van der Waals surface area contributed by atoms with Crippen molar-refractivity contribution in [2.75, 3.05) is 31.7 Å². The Hall–Kier alpha value is -3.62. The molecule has 0 aliphatic carbocycles. The molecule has 0 fully saturated rings.